The molecule has 1 saturated heterocycles. The molecule has 7 heteroatoms. The number of ether oxygens (including phenoxy) is 1. The highest BCUT2D eigenvalue weighted by atomic mass is 16.5. The summed E-state index contributed by atoms with van der Waals surface area (Å²) in [7, 11) is 0. The zero-order valence-electron chi connectivity index (χ0n) is 15.9. The average Bonchev–Trinajstić information content (AvgIpc) is 3.13. The Kier molecular flexibility index (Phi) is 5.25. The molecule has 1 atom stereocenters. The third kappa shape index (κ3) is 3.71. The lowest BCUT2D eigenvalue weighted by atomic mass is 10.1. The molecule has 1 N–H and O–H groups in total. The van der Waals surface area contributed by atoms with Crippen LogP contribution < -0.4 is 15.1 Å². The fourth-order valence-corrected chi connectivity index (χ4v) is 3.83. The van der Waals surface area contributed by atoms with Crippen molar-refractivity contribution in [2.75, 3.05) is 36.1 Å². The van der Waals surface area contributed by atoms with Gasteiger partial charge in [-0.2, -0.15) is 0 Å². The fourth-order valence-electron chi connectivity index (χ4n) is 3.83. The minimum Gasteiger partial charge on any atom is -0.378 e. The number of fused-ring (bicyclic) bond motifs is 1. The van der Waals surface area contributed by atoms with Crippen LogP contribution in [0.25, 0.3) is 0 Å². The molecule has 1 aromatic carbocycles. The predicted molar refractivity (Wildman–Crippen MR) is 106 cm³/mol. The lowest BCUT2D eigenvalue weighted by Gasteiger charge is -2.28. The molecule has 1 aromatic heterocycles. The van der Waals surface area contributed by atoms with E-state index in [4.69, 9.17) is 4.74 Å². The van der Waals surface area contributed by atoms with Crippen molar-refractivity contribution in [1.29, 1.82) is 0 Å². The number of pyridine rings is 1. The number of carbonyl (C=O) groups excluding carboxylic acids is 2. The smallest absolute Gasteiger partial charge is 0.243 e. The van der Waals surface area contributed by atoms with Crippen molar-refractivity contribution in [2.45, 2.75) is 25.9 Å². The molecular formula is C21H24N4O3. The molecule has 2 aliphatic heterocycles. The van der Waals surface area contributed by atoms with Gasteiger partial charge in [0.2, 0.25) is 11.8 Å². The largest absolute Gasteiger partial charge is 0.378 e. The normalized spacial score (nSPS) is 18.7. The Labute approximate surface area is 164 Å². The number of para-hydroxylation sites is 1. The van der Waals surface area contributed by atoms with Crippen LogP contribution in [0, 0.1) is 0 Å². The number of aromatic nitrogens is 1. The van der Waals surface area contributed by atoms with Gasteiger partial charge in [-0.05, 0) is 29.3 Å². The van der Waals surface area contributed by atoms with Crippen molar-refractivity contribution in [2.24, 2.45) is 0 Å². The molecule has 0 unspecified atom stereocenters. The van der Waals surface area contributed by atoms with E-state index < -0.39 is 6.04 Å². The summed E-state index contributed by atoms with van der Waals surface area (Å²) in [5.41, 5.74) is 2.83. The highest BCUT2D eigenvalue weighted by Crippen LogP contribution is 2.32. The zero-order chi connectivity index (χ0) is 19.5. The van der Waals surface area contributed by atoms with E-state index in [0.717, 1.165) is 35.7 Å². The Balaban J connectivity index is 1.43. The molecule has 0 bridgehead atoms. The van der Waals surface area contributed by atoms with Crippen LogP contribution in [0.3, 0.4) is 0 Å². The lowest BCUT2D eigenvalue weighted by Crippen LogP contribution is -2.47. The molecule has 2 amide bonds. The molecule has 0 spiro atoms. The maximum absolute atomic E-state index is 12.8. The number of benzene rings is 1. The van der Waals surface area contributed by atoms with Gasteiger partial charge in [-0.15, -0.1) is 0 Å². The quantitative estimate of drug-likeness (QED) is 0.870. The van der Waals surface area contributed by atoms with Crippen LogP contribution >= 0.6 is 0 Å². The zero-order valence-corrected chi connectivity index (χ0v) is 15.9. The van der Waals surface area contributed by atoms with Crippen molar-refractivity contribution in [3.63, 3.8) is 0 Å². The number of carbonyl (C=O) groups is 2. The fraction of sp³-hybridized carbons (Fsp3) is 0.381. The van der Waals surface area contributed by atoms with Gasteiger partial charge in [0, 0.05) is 44.9 Å². The number of anilines is 2. The number of hydrogen-bond donors (Lipinski definition) is 1. The van der Waals surface area contributed by atoms with Crippen LogP contribution in [0.2, 0.25) is 0 Å². The summed E-state index contributed by atoms with van der Waals surface area (Å²) in [5, 5.41) is 2.99. The second-order valence-corrected chi connectivity index (χ2v) is 7.08. The molecule has 146 valence electrons. The molecule has 0 aliphatic carbocycles. The Bertz CT molecular complexity index is 879. The van der Waals surface area contributed by atoms with Crippen LogP contribution in [-0.4, -0.2) is 49.1 Å². The Morgan fingerprint density at radius 2 is 2.00 bits per heavy atom. The van der Waals surface area contributed by atoms with Gasteiger partial charge in [-0.1, -0.05) is 18.2 Å². The molecule has 2 aliphatic rings. The summed E-state index contributed by atoms with van der Waals surface area (Å²) in [5.74, 6) is 0.633. The second kappa shape index (κ2) is 7.98. The average molecular weight is 380 g/mol. The van der Waals surface area contributed by atoms with Crippen molar-refractivity contribution in [1.82, 2.24) is 10.3 Å². The highest BCUT2D eigenvalue weighted by molar-refractivity contribution is 6.02. The van der Waals surface area contributed by atoms with Gasteiger partial charge in [-0.25, -0.2) is 4.98 Å². The SMILES string of the molecule is CC(=O)N1c2ccccc2C[C@H]1C(=O)NCc1ccnc(N2CCOCC2)c1. The number of amides is 2. The van der Waals surface area contributed by atoms with Crippen LogP contribution in [0.15, 0.2) is 42.6 Å². The monoisotopic (exact) mass is 380 g/mol. The minimum absolute atomic E-state index is 0.122. The van der Waals surface area contributed by atoms with E-state index in [1.807, 2.05) is 36.4 Å². The summed E-state index contributed by atoms with van der Waals surface area (Å²) >= 11 is 0. The van der Waals surface area contributed by atoms with Gasteiger partial charge in [0.25, 0.3) is 0 Å². The molecule has 3 heterocycles. The van der Waals surface area contributed by atoms with E-state index in [1.54, 1.807) is 11.1 Å². The molecule has 7 nitrogen and oxygen atoms in total. The maximum Gasteiger partial charge on any atom is 0.243 e. The number of morpholine rings is 1. The standard InChI is InChI=1S/C21H24N4O3/c1-15(26)25-18-5-3-2-4-17(18)13-19(25)21(27)23-14-16-6-7-22-20(12-16)24-8-10-28-11-9-24/h2-7,12,19H,8-11,13-14H2,1H3,(H,23,27)/t19-/m0/s1. The third-order valence-electron chi connectivity index (χ3n) is 5.23. The van der Waals surface area contributed by atoms with Crippen molar-refractivity contribution < 1.29 is 14.3 Å². The second-order valence-electron chi connectivity index (χ2n) is 7.08. The van der Waals surface area contributed by atoms with E-state index in [1.165, 1.54) is 6.92 Å². The molecule has 28 heavy (non-hydrogen) atoms. The van der Waals surface area contributed by atoms with E-state index in [2.05, 4.69) is 15.2 Å². The number of nitrogens with one attached hydrogen (secondary N) is 1. The first kappa shape index (κ1) is 18.4. The van der Waals surface area contributed by atoms with Gasteiger partial charge < -0.3 is 15.0 Å². The molecular weight excluding hydrogens is 356 g/mol. The Morgan fingerprint density at radius 1 is 1.21 bits per heavy atom. The summed E-state index contributed by atoms with van der Waals surface area (Å²) < 4.78 is 5.38. The van der Waals surface area contributed by atoms with Crippen molar-refractivity contribution in [3.05, 3.63) is 53.7 Å². The van der Waals surface area contributed by atoms with Gasteiger partial charge in [0.15, 0.2) is 0 Å². The van der Waals surface area contributed by atoms with Crippen LogP contribution in [-0.2, 0) is 27.3 Å². The first-order chi connectivity index (χ1) is 13.6. The maximum atomic E-state index is 12.8. The number of hydrogen-bond acceptors (Lipinski definition) is 5. The third-order valence-corrected chi connectivity index (χ3v) is 5.23. The van der Waals surface area contributed by atoms with E-state index in [0.29, 0.717) is 26.2 Å². The summed E-state index contributed by atoms with van der Waals surface area (Å²) in [6, 6.07) is 11.1. The molecule has 4 rings (SSSR count). The molecule has 1 fully saturated rings. The number of nitrogens with zero attached hydrogens (tertiary/aromatic N) is 3. The van der Waals surface area contributed by atoms with E-state index in [9.17, 15) is 9.59 Å². The van der Waals surface area contributed by atoms with Gasteiger partial charge in [0.05, 0.1) is 13.2 Å². The first-order valence-corrected chi connectivity index (χ1v) is 9.56. The summed E-state index contributed by atoms with van der Waals surface area (Å²) in [6.07, 6.45) is 2.30. The minimum atomic E-state index is -0.504. The van der Waals surface area contributed by atoms with Gasteiger partial charge in [-0.3, -0.25) is 14.5 Å². The van der Waals surface area contributed by atoms with Crippen molar-refractivity contribution >= 4 is 23.3 Å². The molecule has 2 aromatic rings. The topological polar surface area (TPSA) is 74.8 Å². The highest BCUT2D eigenvalue weighted by Gasteiger charge is 2.36. The number of rotatable bonds is 4. The van der Waals surface area contributed by atoms with E-state index in [-0.39, 0.29) is 11.8 Å². The lowest BCUT2D eigenvalue weighted by molar-refractivity contribution is -0.125. The van der Waals surface area contributed by atoms with Crippen LogP contribution in [0.1, 0.15) is 18.1 Å². The molecule has 0 saturated carbocycles. The van der Waals surface area contributed by atoms with Gasteiger partial charge in [0.1, 0.15) is 11.9 Å². The van der Waals surface area contributed by atoms with E-state index >= 15 is 0 Å². The predicted octanol–water partition coefficient (Wildman–Crippen LogP) is 1.51. The summed E-state index contributed by atoms with van der Waals surface area (Å²) in [6.45, 7) is 4.93. The van der Waals surface area contributed by atoms with Crippen molar-refractivity contribution in [3.8, 4) is 0 Å². The van der Waals surface area contributed by atoms with Crippen LogP contribution in [0.5, 0.6) is 0 Å². The Hall–Kier alpha value is -2.93. The summed E-state index contributed by atoms with van der Waals surface area (Å²) in [4.78, 5) is 33.2. The Morgan fingerprint density at radius 3 is 2.79 bits per heavy atom. The van der Waals surface area contributed by atoms with Crippen LogP contribution in [0.4, 0.5) is 11.5 Å². The van der Waals surface area contributed by atoms with Gasteiger partial charge >= 0.3 is 0 Å². The first-order valence-electron chi connectivity index (χ1n) is 9.56. The molecule has 0 radical (unpaired) electrons.